The Kier molecular flexibility index (Phi) is 4.47. The summed E-state index contributed by atoms with van der Waals surface area (Å²) >= 11 is 0. The van der Waals surface area contributed by atoms with Gasteiger partial charge < -0.3 is 9.80 Å². The van der Waals surface area contributed by atoms with E-state index in [0.29, 0.717) is 0 Å². The van der Waals surface area contributed by atoms with Crippen LogP contribution in [0.15, 0.2) is 18.5 Å². The third kappa shape index (κ3) is 3.10. The molecular weight excluding hydrogens is 245 g/mol. The van der Waals surface area contributed by atoms with Crippen molar-refractivity contribution in [3.05, 3.63) is 29.8 Å². The summed E-state index contributed by atoms with van der Waals surface area (Å²) < 4.78 is 13.6. The van der Waals surface area contributed by atoms with Gasteiger partial charge in [-0.1, -0.05) is 6.92 Å². The molecule has 0 spiro atoms. The van der Waals surface area contributed by atoms with Crippen LogP contribution in [0, 0.1) is 5.82 Å². The Morgan fingerprint density at radius 1 is 1.53 bits per heavy atom. The number of rotatable bonds is 3. The summed E-state index contributed by atoms with van der Waals surface area (Å²) in [5.41, 5.74) is 0.107. The molecule has 1 aromatic rings. The summed E-state index contributed by atoms with van der Waals surface area (Å²) in [7, 11) is 1.76. The Hall–Kier alpha value is -1.49. The van der Waals surface area contributed by atoms with Crippen molar-refractivity contribution >= 4 is 5.91 Å². The Bertz CT molecular complexity index is 444. The van der Waals surface area contributed by atoms with Crippen LogP contribution in [0.3, 0.4) is 0 Å². The second-order valence-electron chi connectivity index (χ2n) is 4.94. The fourth-order valence-corrected chi connectivity index (χ4v) is 2.53. The highest BCUT2D eigenvalue weighted by Gasteiger charge is 2.26. The molecule has 1 aliphatic heterocycles. The number of hydrogen-bond donors (Lipinski definition) is 0. The Labute approximate surface area is 113 Å². The monoisotopic (exact) mass is 265 g/mol. The first-order valence-corrected chi connectivity index (χ1v) is 6.72. The maximum atomic E-state index is 13.6. The summed E-state index contributed by atoms with van der Waals surface area (Å²) in [4.78, 5) is 20.0. The van der Waals surface area contributed by atoms with Crippen molar-refractivity contribution in [3.8, 4) is 0 Å². The molecule has 5 heteroatoms. The topological polar surface area (TPSA) is 36.4 Å². The van der Waals surface area contributed by atoms with Crippen molar-refractivity contribution in [2.75, 3.05) is 26.7 Å². The SMILES string of the molecule is CCN1CCC(N(C)C(=O)c2ccncc2F)CC1. The Morgan fingerprint density at radius 2 is 2.21 bits per heavy atom. The average molecular weight is 265 g/mol. The van der Waals surface area contributed by atoms with Gasteiger partial charge in [-0.15, -0.1) is 0 Å². The number of nitrogens with zero attached hydrogens (tertiary/aromatic N) is 3. The molecule has 0 saturated carbocycles. The van der Waals surface area contributed by atoms with Gasteiger partial charge in [0.15, 0.2) is 5.82 Å². The number of hydrogen-bond acceptors (Lipinski definition) is 3. The van der Waals surface area contributed by atoms with Gasteiger partial charge in [0.1, 0.15) is 0 Å². The van der Waals surface area contributed by atoms with Crippen LogP contribution in [-0.4, -0.2) is 53.4 Å². The van der Waals surface area contributed by atoms with E-state index in [1.54, 1.807) is 11.9 Å². The highest BCUT2D eigenvalue weighted by molar-refractivity contribution is 5.94. The van der Waals surface area contributed by atoms with Crippen LogP contribution in [0.25, 0.3) is 0 Å². The van der Waals surface area contributed by atoms with Gasteiger partial charge in [0, 0.05) is 32.4 Å². The molecule has 104 valence electrons. The summed E-state index contributed by atoms with van der Waals surface area (Å²) in [6, 6.07) is 1.64. The minimum Gasteiger partial charge on any atom is -0.339 e. The van der Waals surface area contributed by atoms with Crippen LogP contribution in [-0.2, 0) is 0 Å². The van der Waals surface area contributed by atoms with Crippen LogP contribution in [0.5, 0.6) is 0 Å². The van der Waals surface area contributed by atoms with E-state index < -0.39 is 5.82 Å². The first kappa shape index (κ1) is 13.9. The number of carbonyl (C=O) groups excluding carboxylic acids is 1. The Morgan fingerprint density at radius 3 is 2.79 bits per heavy atom. The first-order valence-electron chi connectivity index (χ1n) is 6.72. The van der Waals surface area contributed by atoms with Crippen molar-refractivity contribution in [1.29, 1.82) is 0 Å². The van der Waals surface area contributed by atoms with E-state index in [0.717, 1.165) is 38.7 Å². The number of likely N-dealkylation sites (tertiary alicyclic amines) is 1. The molecule has 0 aliphatic carbocycles. The summed E-state index contributed by atoms with van der Waals surface area (Å²) in [6.45, 7) is 5.18. The van der Waals surface area contributed by atoms with Gasteiger partial charge in [-0.25, -0.2) is 4.39 Å². The second-order valence-corrected chi connectivity index (χ2v) is 4.94. The number of halogens is 1. The molecule has 1 saturated heterocycles. The molecule has 2 heterocycles. The molecule has 1 aliphatic rings. The van der Waals surface area contributed by atoms with Crippen LogP contribution in [0.1, 0.15) is 30.1 Å². The molecule has 2 rings (SSSR count). The number of amides is 1. The summed E-state index contributed by atoms with van der Waals surface area (Å²) in [5, 5.41) is 0. The van der Waals surface area contributed by atoms with Crippen LogP contribution in [0.4, 0.5) is 4.39 Å². The molecule has 1 amide bonds. The van der Waals surface area contributed by atoms with Crippen molar-refractivity contribution in [3.63, 3.8) is 0 Å². The quantitative estimate of drug-likeness (QED) is 0.836. The molecule has 0 unspecified atom stereocenters. The maximum absolute atomic E-state index is 13.6. The van der Waals surface area contributed by atoms with Crippen molar-refractivity contribution < 1.29 is 9.18 Å². The molecule has 0 atom stereocenters. The highest BCUT2D eigenvalue weighted by Crippen LogP contribution is 2.18. The number of pyridine rings is 1. The third-order valence-corrected chi connectivity index (χ3v) is 3.88. The lowest BCUT2D eigenvalue weighted by Crippen LogP contribution is -2.45. The third-order valence-electron chi connectivity index (χ3n) is 3.88. The lowest BCUT2D eigenvalue weighted by molar-refractivity contribution is 0.0642. The summed E-state index contributed by atoms with van der Waals surface area (Å²) in [6.07, 6.45) is 4.43. The fraction of sp³-hybridized carbons (Fsp3) is 0.571. The smallest absolute Gasteiger partial charge is 0.256 e. The van der Waals surface area contributed by atoms with E-state index in [9.17, 15) is 9.18 Å². The molecule has 1 fully saturated rings. The predicted octanol–water partition coefficient (Wildman–Crippen LogP) is 1.78. The molecular formula is C14H20FN3O. The number of carbonyl (C=O) groups is 1. The maximum Gasteiger partial charge on any atom is 0.256 e. The number of aromatic nitrogens is 1. The zero-order valence-corrected chi connectivity index (χ0v) is 11.5. The lowest BCUT2D eigenvalue weighted by atomic mass is 10.0. The van der Waals surface area contributed by atoms with E-state index >= 15 is 0 Å². The van der Waals surface area contributed by atoms with Gasteiger partial charge >= 0.3 is 0 Å². The largest absolute Gasteiger partial charge is 0.339 e. The van der Waals surface area contributed by atoms with Gasteiger partial charge in [0.25, 0.3) is 5.91 Å². The summed E-state index contributed by atoms with van der Waals surface area (Å²) in [5.74, 6) is -0.805. The van der Waals surface area contributed by atoms with E-state index in [2.05, 4.69) is 16.8 Å². The molecule has 1 aromatic heterocycles. The molecule has 0 aromatic carbocycles. The Balaban J connectivity index is 2.02. The zero-order valence-electron chi connectivity index (χ0n) is 11.5. The minimum absolute atomic E-state index is 0.107. The second kappa shape index (κ2) is 6.10. The van der Waals surface area contributed by atoms with Crippen LogP contribution < -0.4 is 0 Å². The first-order chi connectivity index (χ1) is 9.13. The highest BCUT2D eigenvalue weighted by atomic mass is 19.1. The van der Waals surface area contributed by atoms with E-state index in [4.69, 9.17) is 0 Å². The normalized spacial score (nSPS) is 17.4. The van der Waals surface area contributed by atoms with Crippen molar-refractivity contribution in [2.45, 2.75) is 25.8 Å². The van der Waals surface area contributed by atoms with E-state index in [-0.39, 0.29) is 17.5 Å². The van der Waals surface area contributed by atoms with Crippen molar-refractivity contribution in [2.24, 2.45) is 0 Å². The lowest BCUT2D eigenvalue weighted by Gasteiger charge is -2.36. The minimum atomic E-state index is -0.551. The van der Waals surface area contributed by atoms with Crippen LogP contribution >= 0.6 is 0 Å². The van der Waals surface area contributed by atoms with Crippen molar-refractivity contribution in [1.82, 2.24) is 14.8 Å². The van der Waals surface area contributed by atoms with Gasteiger partial charge in [-0.2, -0.15) is 0 Å². The van der Waals surface area contributed by atoms with E-state index in [1.165, 1.54) is 12.3 Å². The predicted molar refractivity (Wildman–Crippen MR) is 71.4 cm³/mol. The van der Waals surface area contributed by atoms with Gasteiger partial charge in [0.05, 0.1) is 11.8 Å². The average Bonchev–Trinajstić information content (AvgIpc) is 2.46. The molecule has 0 radical (unpaired) electrons. The molecule has 0 N–H and O–H groups in total. The van der Waals surface area contributed by atoms with E-state index in [1.807, 2.05) is 0 Å². The molecule has 4 nitrogen and oxygen atoms in total. The number of piperidine rings is 1. The zero-order chi connectivity index (χ0) is 13.8. The van der Waals surface area contributed by atoms with Gasteiger partial charge in [-0.05, 0) is 25.5 Å². The van der Waals surface area contributed by atoms with Gasteiger partial charge in [0.2, 0.25) is 0 Å². The standard InChI is InChI=1S/C14H20FN3O/c1-3-18-8-5-11(6-9-18)17(2)14(19)12-4-7-16-10-13(12)15/h4,7,10-11H,3,5-6,8-9H2,1-2H3. The van der Waals surface area contributed by atoms with Crippen LogP contribution in [0.2, 0.25) is 0 Å². The fourth-order valence-electron chi connectivity index (χ4n) is 2.53. The molecule has 19 heavy (non-hydrogen) atoms. The van der Waals surface area contributed by atoms with Gasteiger partial charge in [-0.3, -0.25) is 9.78 Å². The molecule has 0 bridgehead atoms.